The minimum Gasteiger partial charge on any atom is -0.379 e. The number of likely N-dealkylation sites (N-methyl/N-ethyl adjacent to an activating group) is 1. The van der Waals surface area contributed by atoms with Gasteiger partial charge in [0.1, 0.15) is 12.7 Å². The van der Waals surface area contributed by atoms with E-state index < -0.39 is 24.9 Å². The molecule has 1 amide bonds. The summed E-state index contributed by atoms with van der Waals surface area (Å²) in [5, 5.41) is 10.4. The third-order valence-electron chi connectivity index (χ3n) is 8.23. The highest BCUT2D eigenvalue weighted by molar-refractivity contribution is 5.96. The zero-order chi connectivity index (χ0) is 30.3. The number of piperidine rings is 1. The summed E-state index contributed by atoms with van der Waals surface area (Å²) in [5.74, 6) is -0.324. The molecule has 3 atom stereocenters. The van der Waals surface area contributed by atoms with Crippen molar-refractivity contribution in [2.45, 2.75) is 50.4 Å². The summed E-state index contributed by atoms with van der Waals surface area (Å²) in [6, 6.07) is 8.09. The molecule has 230 valence electrons. The number of alkyl halides is 4. The number of carbonyl (C=O) groups excluding carboxylic acids is 1. The van der Waals surface area contributed by atoms with Crippen LogP contribution in [0.2, 0.25) is 0 Å². The number of halogens is 4. The van der Waals surface area contributed by atoms with Crippen LogP contribution in [0, 0.1) is 0 Å². The molecule has 14 heteroatoms. The Kier molecular flexibility index (Phi) is 7.90. The van der Waals surface area contributed by atoms with E-state index in [1.54, 1.807) is 36.5 Å². The average Bonchev–Trinajstić information content (AvgIpc) is 3.75. The summed E-state index contributed by atoms with van der Waals surface area (Å²) in [6.45, 7) is 1.53. The minimum absolute atomic E-state index is 0.0465. The van der Waals surface area contributed by atoms with Gasteiger partial charge in [-0.3, -0.25) is 4.79 Å². The number of benzene rings is 1. The van der Waals surface area contributed by atoms with Gasteiger partial charge in [-0.2, -0.15) is 18.2 Å². The Bertz CT molecular complexity index is 1590. The van der Waals surface area contributed by atoms with Crippen LogP contribution in [0.25, 0.3) is 22.4 Å². The standard InChI is InChI=1S/C29H34F4N8O2/c1-38-9-7-19(15-38)40-11-6-18(14-40)28(42)34-13-26-36-27(37-43-26)25-12-20-22(35-23-8-10-39(2)16-21(23)30)4-3-5-24(20)41(25)17-29(31,32)33/h3-6,11-12,14,19,21,23,35H,7-10,13,15-17H2,1-2H3,(H,34,42)/t19?,21-,23+/m0/s1. The summed E-state index contributed by atoms with van der Waals surface area (Å²) in [5.41, 5.74) is 1.42. The van der Waals surface area contributed by atoms with Gasteiger partial charge in [-0.05, 0) is 57.7 Å². The molecule has 1 unspecified atom stereocenters. The first-order chi connectivity index (χ1) is 20.5. The Morgan fingerprint density at radius 1 is 1.12 bits per heavy atom. The van der Waals surface area contributed by atoms with Crippen LogP contribution in [0.1, 0.15) is 35.1 Å². The van der Waals surface area contributed by atoms with E-state index in [4.69, 9.17) is 4.52 Å². The third kappa shape index (κ3) is 6.39. The van der Waals surface area contributed by atoms with Gasteiger partial charge in [0.2, 0.25) is 11.7 Å². The van der Waals surface area contributed by atoms with Crippen LogP contribution >= 0.6 is 0 Å². The van der Waals surface area contributed by atoms with Crippen molar-refractivity contribution < 1.29 is 26.9 Å². The van der Waals surface area contributed by atoms with Crippen LogP contribution in [0.5, 0.6) is 0 Å². The molecule has 3 aromatic heterocycles. The molecule has 5 heterocycles. The zero-order valence-corrected chi connectivity index (χ0v) is 23.9. The fourth-order valence-corrected chi connectivity index (χ4v) is 5.98. The largest absolute Gasteiger partial charge is 0.406 e. The molecular weight excluding hydrogens is 568 g/mol. The van der Waals surface area contributed by atoms with Crippen LogP contribution in [0.4, 0.5) is 23.2 Å². The number of nitrogens with zero attached hydrogens (tertiary/aromatic N) is 6. The van der Waals surface area contributed by atoms with Gasteiger partial charge in [0, 0.05) is 49.1 Å². The van der Waals surface area contributed by atoms with E-state index in [-0.39, 0.29) is 36.4 Å². The normalized spacial score (nSPS) is 22.0. The maximum atomic E-state index is 14.8. The lowest BCUT2D eigenvalue weighted by Gasteiger charge is -2.33. The molecule has 0 bridgehead atoms. The second-order valence-electron chi connectivity index (χ2n) is 11.5. The number of hydrogen-bond donors (Lipinski definition) is 2. The van der Waals surface area contributed by atoms with E-state index in [0.29, 0.717) is 41.2 Å². The summed E-state index contributed by atoms with van der Waals surface area (Å²) < 4.78 is 64.3. The molecule has 2 fully saturated rings. The summed E-state index contributed by atoms with van der Waals surface area (Å²) in [7, 11) is 3.91. The lowest BCUT2D eigenvalue weighted by Crippen LogP contribution is -2.46. The number of anilines is 1. The SMILES string of the molecule is CN1CCC(n2ccc(C(=O)NCc3nc(-c4cc5c(N[C@@H]6CCN(C)C[C@@H]6F)cccc5n4CC(F)(F)F)no3)c2)C1. The van der Waals surface area contributed by atoms with Gasteiger partial charge < -0.3 is 34.1 Å². The van der Waals surface area contributed by atoms with Crippen LogP contribution < -0.4 is 10.6 Å². The van der Waals surface area contributed by atoms with Crippen LogP contribution in [0.3, 0.4) is 0 Å². The molecular formula is C29H34F4N8O2. The molecule has 0 aliphatic carbocycles. The number of nitrogens with one attached hydrogen (secondary N) is 2. The molecule has 2 aliphatic rings. The first kappa shape index (κ1) is 29.2. The number of carbonyl (C=O) groups is 1. The van der Waals surface area contributed by atoms with E-state index in [9.17, 15) is 22.4 Å². The Labute approximate surface area is 245 Å². The molecule has 1 aromatic carbocycles. The van der Waals surface area contributed by atoms with Gasteiger partial charge in [0.15, 0.2) is 0 Å². The third-order valence-corrected chi connectivity index (χ3v) is 8.23. The molecule has 4 aromatic rings. The highest BCUT2D eigenvalue weighted by atomic mass is 19.4. The van der Waals surface area contributed by atoms with Crippen molar-refractivity contribution in [1.82, 2.24) is 34.4 Å². The van der Waals surface area contributed by atoms with Gasteiger partial charge in [0.05, 0.1) is 29.4 Å². The molecule has 10 nitrogen and oxygen atoms in total. The van der Waals surface area contributed by atoms with E-state index in [0.717, 1.165) is 24.1 Å². The van der Waals surface area contributed by atoms with Crippen molar-refractivity contribution in [2.24, 2.45) is 0 Å². The predicted molar refractivity (Wildman–Crippen MR) is 152 cm³/mol. The maximum absolute atomic E-state index is 14.8. The van der Waals surface area contributed by atoms with Gasteiger partial charge in [-0.15, -0.1) is 0 Å². The quantitative estimate of drug-likeness (QED) is 0.290. The second-order valence-corrected chi connectivity index (χ2v) is 11.5. The van der Waals surface area contributed by atoms with Crippen LogP contribution in [-0.4, -0.2) is 93.6 Å². The second kappa shape index (κ2) is 11.6. The molecule has 2 saturated heterocycles. The van der Waals surface area contributed by atoms with Crippen LogP contribution in [-0.2, 0) is 13.1 Å². The maximum Gasteiger partial charge on any atom is 0.406 e. The lowest BCUT2D eigenvalue weighted by molar-refractivity contribution is -0.139. The van der Waals surface area contributed by atoms with Gasteiger partial charge >= 0.3 is 6.18 Å². The highest BCUT2D eigenvalue weighted by Gasteiger charge is 2.32. The Hall–Kier alpha value is -3.91. The first-order valence-electron chi connectivity index (χ1n) is 14.3. The van der Waals surface area contributed by atoms with Crippen LogP contribution in [0.15, 0.2) is 47.2 Å². The van der Waals surface area contributed by atoms with Crippen molar-refractivity contribution in [3.8, 4) is 11.5 Å². The fraction of sp³-hybridized carbons (Fsp3) is 0.483. The molecule has 2 N–H and O–H groups in total. The van der Waals surface area contributed by atoms with Crippen molar-refractivity contribution in [3.05, 3.63) is 54.2 Å². The molecule has 6 rings (SSSR count). The van der Waals surface area contributed by atoms with Gasteiger partial charge in [0.25, 0.3) is 5.91 Å². The monoisotopic (exact) mass is 602 g/mol. The number of amides is 1. The number of fused-ring (bicyclic) bond motifs is 1. The predicted octanol–water partition coefficient (Wildman–Crippen LogP) is 4.32. The van der Waals surface area contributed by atoms with Crippen molar-refractivity contribution in [3.63, 3.8) is 0 Å². The van der Waals surface area contributed by atoms with Gasteiger partial charge in [-0.25, -0.2) is 4.39 Å². The Morgan fingerprint density at radius 3 is 2.65 bits per heavy atom. The summed E-state index contributed by atoms with van der Waals surface area (Å²) >= 11 is 0. The van der Waals surface area contributed by atoms with E-state index in [1.165, 1.54) is 0 Å². The van der Waals surface area contributed by atoms with Gasteiger partial charge in [-0.1, -0.05) is 11.2 Å². The van der Waals surface area contributed by atoms with Crippen molar-refractivity contribution >= 4 is 22.5 Å². The molecule has 2 aliphatic heterocycles. The molecule has 0 saturated carbocycles. The Morgan fingerprint density at radius 2 is 1.91 bits per heavy atom. The number of rotatable bonds is 8. The topological polar surface area (TPSA) is 96.4 Å². The smallest absolute Gasteiger partial charge is 0.379 e. The van der Waals surface area contributed by atoms with Crippen molar-refractivity contribution in [1.29, 1.82) is 0 Å². The lowest BCUT2D eigenvalue weighted by atomic mass is 10.0. The number of hydrogen-bond acceptors (Lipinski definition) is 7. The molecule has 0 spiro atoms. The zero-order valence-electron chi connectivity index (χ0n) is 23.9. The Balaban J connectivity index is 1.21. The first-order valence-corrected chi connectivity index (χ1v) is 14.3. The fourth-order valence-electron chi connectivity index (χ4n) is 5.98. The average molecular weight is 603 g/mol. The van der Waals surface area contributed by atoms with E-state index in [1.807, 2.05) is 22.7 Å². The van der Waals surface area contributed by atoms with E-state index >= 15 is 0 Å². The van der Waals surface area contributed by atoms with E-state index in [2.05, 4.69) is 32.7 Å². The van der Waals surface area contributed by atoms with Crippen molar-refractivity contribution in [2.75, 3.05) is 45.6 Å². The molecule has 0 radical (unpaired) electrons. The molecule has 43 heavy (non-hydrogen) atoms. The number of aromatic nitrogens is 4. The highest BCUT2D eigenvalue weighted by Crippen LogP contribution is 2.35. The number of likely N-dealkylation sites (tertiary alicyclic amines) is 2. The minimum atomic E-state index is -4.52. The summed E-state index contributed by atoms with van der Waals surface area (Å²) in [6.07, 6.45) is -0.389. The summed E-state index contributed by atoms with van der Waals surface area (Å²) in [4.78, 5) is 21.2.